The molecular formula is C10H15NO. The van der Waals surface area contributed by atoms with Crippen LogP contribution in [-0.2, 0) is 4.79 Å². The first-order chi connectivity index (χ1) is 5.42. The molecule has 1 aliphatic rings. The third-order valence-corrected chi connectivity index (χ3v) is 2.04. The number of carbonyl (C=O) groups excluding carboxylic acids is 1. The lowest BCUT2D eigenvalue weighted by atomic mass is 9.80. The van der Waals surface area contributed by atoms with Gasteiger partial charge < -0.3 is 5.73 Å². The van der Waals surface area contributed by atoms with E-state index in [1.165, 1.54) is 0 Å². The highest BCUT2D eigenvalue weighted by molar-refractivity contribution is 6.00. The van der Waals surface area contributed by atoms with Crippen molar-refractivity contribution in [3.05, 3.63) is 23.4 Å². The summed E-state index contributed by atoms with van der Waals surface area (Å²) in [6, 6.07) is 0. The highest BCUT2D eigenvalue weighted by Crippen LogP contribution is 2.29. The summed E-state index contributed by atoms with van der Waals surface area (Å²) in [6.07, 6.45) is 4.44. The average Bonchev–Trinajstić information content (AvgIpc) is 1.83. The van der Waals surface area contributed by atoms with Crippen LogP contribution >= 0.6 is 0 Å². The molecule has 0 radical (unpaired) electrons. The molecule has 0 aromatic carbocycles. The molecule has 0 saturated heterocycles. The van der Waals surface area contributed by atoms with Crippen LogP contribution in [-0.4, -0.2) is 5.78 Å². The molecule has 0 atom stereocenters. The van der Waals surface area contributed by atoms with Gasteiger partial charge >= 0.3 is 0 Å². The highest BCUT2D eigenvalue weighted by Gasteiger charge is 2.25. The number of hydrogen-bond acceptors (Lipinski definition) is 2. The van der Waals surface area contributed by atoms with Gasteiger partial charge in [0.25, 0.3) is 0 Å². The van der Waals surface area contributed by atoms with E-state index in [1.54, 1.807) is 6.92 Å². The Morgan fingerprint density at radius 3 is 2.58 bits per heavy atom. The summed E-state index contributed by atoms with van der Waals surface area (Å²) in [4.78, 5) is 11.5. The maximum atomic E-state index is 11.5. The van der Waals surface area contributed by atoms with E-state index in [9.17, 15) is 4.79 Å². The standard InChI is InChI=1S/C10H15NO/c1-7(11)8-4-5-10(2,3)6-9(8)12/h4-5H,6,11H2,1-3H3/b8-7-. The van der Waals surface area contributed by atoms with E-state index in [4.69, 9.17) is 5.73 Å². The fourth-order valence-corrected chi connectivity index (χ4v) is 1.32. The summed E-state index contributed by atoms with van der Waals surface area (Å²) in [7, 11) is 0. The van der Waals surface area contributed by atoms with E-state index in [-0.39, 0.29) is 11.2 Å². The van der Waals surface area contributed by atoms with Crippen LogP contribution in [0.15, 0.2) is 23.4 Å². The maximum Gasteiger partial charge on any atom is 0.165 e. The average molecular weight is 165 g/mol. The lowest BCUT2D eigenvalue weighted by Crippen LogP contribution is -2.21. The lowest BCUT2D eigenvalue weighted by molar-refractivity contribution is -0.116. The summed E-state index contributed by atoms with van der Waals surface area (Å²) >= 11 is 0. The van der Waals surface area contributed by atoms with E-state index < -0.39 is 0 Å². The first kappa shape index (κ1) is 9.04. The molecule has 0 unspecified atom stereocenters. The molecule has 0 bridgehead atoms. The van der Waals surface area contributed by atoms with Crippen molar-refractivity contribution in [1.29, 1.82) is 0 Å². The number of Topliss-reactive ketones (excluding diaryl/α,β-unsaturated/α-hetero) is 1. The van der Waals surface area contributed by atoms with Crippen LogP contribution in [0.5, 0.6) is 0 Å². The van der Waals surface area contributed by atoms with Gasteiger partial charge in [-0.05, 0) is 12.3 Å². The Balaban J connectivity index is 3.03. The third-order valence-electron chi connectivity index (χ3n) is 2.04. The molecule has 0 amide bonds. The van der Waals surface area contributed by atoms with Crippen LogP contribution in [0.1, 0.15) is 27.2 Å². The minimum atomic E-state index is -0.00394. The van der Waals surface area contributed by atoms with Crippen molar-refractivity contribution in [1.82, 2.24) is 0 Å². The fourth-order valence-electron chi connectivity index (χ4n) is 1.32. The van der Waals surface area contributed by atoms with Gasteiger partial charge in [-0.3, -0.25) is 4.79 Å². The van der Waals surface area contributed by atoms with E-state index in [0.29, 0.717) is 17.7 Å². The van der Waals surface area contributed by atoms with Crippen molar-refractivity contribution < 1.29 is 4.79 Å². The first-order valence-electron chi connectivity index (χ1n) is 4.11. The van der Waals surface area contributed by atoms with E-state index in [1.807, 2.05) is 26.0 Å². The molecule has 0 fully saturated rings. The molecule has 2 nitrogen and oxygen atoms in total. The zero-order chi connectivity index (χ0) is 9.35. The number of ketones is 1. The predicted octanol–water partition coefficient (Wildman–Crippen LogP) is 1.77. The molecule has 1 rings (SSSR count). The van der Waals surface area contributed by atoms with Crippen LogP contribution in [0.3, 0.4) is 0 Å². The summed E-state index contributed by atoms with van der Waals surface area (Å²) in [6.45, 7) is 5.85. The Labute approximate surface area is 73.1 Å². The van der Waals surface area contributed by atoms with Gasteiger partial charge in [0, 0.05) is 17.7 Å². The van der Waals surface area contributed by atoms with Crippen LogP contribution in [0.2, 0.25) is 0 Å². The minimum absolute atomic E-state index is 0.00394. The van der Waals surface area contributed by atoms with Gasteiger partial charge in [0.05, 0.1) is 0 Å². The van der Waals surface area contributed by atoms with Crippen LogP contribution < -0.4 is 5.73 Å². The Bertz CT molecular complexity index is 268. The van der Waals surface area contributed by atoms with Crippen LogP contribution in [0.25, 0.3) is 0 Å². The highest BCUT2D eigenvalue weighted by atomic mass is 16.1. The van der Waals surface area contributed by atoms with Crippen molar-refractivity contribution in [2.75, 3.05) is 0 Å². The maximum absolute atomic E-state index is 11.5. The summed E-state index contributed by atoms with van der Waals surface area (Å²) in [5, 5.41) is 0. The smallest absolute Gasteiger partial charge is 0.165 e. The molecule has 0 spiro atoms. The summed E-state index contributed by atoms with van der Waals surface area (Å²) < 4.78 is 0. The van der Waals surface area contributed by atoms with E-state index in [0.717, 1.165) is 0 Å². The van der Waals surface area contributed by atoms with Gasteiger partial charge in [0.2, 0.25) is 0 Å². The molecular weight excluding hydrogens is 150 g/mol. The molecule has 0 aromatic rings. The second-order valence-electron chi connectivity index (χ2n) is 4.02. The van der Waals surface area contributed by atoms with Gasteiger partial charge in [-0.25, -0.2) is 0 Å². The minimum Gasteiger partial charge on any atom is -0.402 e. The fraction of sp³-hybridized carbons (Fsp3) is 0.500. The topological polar surface area (TPSA) is 43.1 Å². The zero-order valence-electron chi connectivity index (χ0n) is 7.85. The Morgan fingerprint density at radius 1 is 1.58 bits per heavy atom. The van der Waals surface area contributed by atoms with Crippen molar-refractivity contribution in [2.24, 2.45) is 11.1 Å². The third kappa shape index (κ3) is 1.76. The Hall–Kier alpha value is -1.05. The number of hydrogen-bond donors (Lipinski definition) is 1. The molecule has 66 valence electrons. The zero-order valence-corrected chi connectivity index (χ0v) is 7.85. The van der Waals surface area contributed by atoms with Gasteiger partial charge in [-0.15, -0.1) is 0 Å². The molecule has 0 aromatic heterocycles. The van der Waals surface area contributed by atoms with Crippen molar-refractivity contribution in [2.45, 2.75) is 27.2 Å². The van der Waals surface area contributed by atoms with Gasteiger partial charge in [0.15, 0.2) is 5.78 Å². The molecule has 12 heavy (non-hydrogen) atoms. The van der Waals surface area contributed by atoms with E-state index >= 15 is 0 Å². The van der Waals surface area contributed by atoms with Crippen molar-refractivity contribution in [3.8, 4) is 0 Å². The molecule has 2 N–H and O–H groups in total. The molecule has 0 aliphatic heterocycles. The largest absolute Gasteiger partial charge is 0.402 e. The Kier molecular flexibility index (Phi) is 2.09. The number of carbonyl (C=O) groups is 1. The van der Waals surface area contributed by atoms with Gasteiger partial charge in [-0.2, -0.15) is 0 Å². The number of nitrogens with two attached hydrogens (primary N) is 1. The quantitative estimate of drug-likeness (QED) is 0.556. The normalized spacial score (nSPS) is 25.8. The second-order valence-corrected chi connectivity index (χ2v) is 4.02. The van der Waals surface area contributed by atoms with Gasteiger partial charge in [-0.1, -0.05) is 26.0 Å². The second kappa shape index (κ2) is 2.77. The summed E-state index contributed by atoms with van der Waals surface area (Å²) in [5.41, 5.74) is 6.84. The SMILES string of the molecule is C/C(N)=C1\C=CC(C)(C)CC1=O. The molecule has 1 aliphatic carbocycles. The first-order valence-corrected chi connectivity index (χ1v) is 4.11. The van der Waals surface area contributed by atoms with Crippen molar-refractivity contribution >= 4 is 5.78 Å². The molecule has 0 saturated carbocycles. The predicted molar refractivity (Wildman–Crippen MR) is 49.4 cm³/mol. The molecule has 0 heterocycles. The summed E-state index contributed by atoms with van der Waals surface area (Å²) in [5.74, 6) is 0.155. The van der Waals surface area contributed by atoms with Crippen LogP contribution in [0.4, 0.5) is 0 Å². The number of allylic oxidation sites excluding steroid dienone is 4. The lowest BCUT2D eigenvalue weighted by Gasteiger charge is -2.24. The van der Waals surface area contributed by atoms with Gasteiger partial charge in [0.1, 0.15) is 0 Å². The van der Waals surface area contributed by atoms with Crippen molar-refractivity contribution in [3.63, 3.8) is 0 Å². The number of rotatable bonds is 0. The van der Waals surface area contributed by atoms with Crippen LogP contribution in [0, 0.1) is 5.41 Å². The van der Waals surface area contributed by atoms with E-state index in [2.05, 4.69) is 0 Å². The monoisotopic (exact) mass is 165 g/mol. The Morgan fingerprint density at radius 2 is 2.17 bits per heavy atom. The molecule has 2 heteroatoms.